The molecule has 23 heavy (non-hydrogen) atoms. The van der Waals surface area contributed by atoms with Gasteiger partial charge in [0.2, 0.25) is 0 Å². The van der Waals surface area contributed by atoms with E-state index < -0.39 is 21.1 Å². The minimum atomic E-state index is -3.46. The molecule has 0 fully saturated rings. The summed E-state index contributed by atoms with van der Waals surface area (Å²) in [6.45, 7) is 3.58. The van der Waals surface area contributed by atoms with E-state index in [9.17, 15) is 13.2 Å². The molecule has 2 rings (SSSR count). The topological polar surface area (TPSA) is 80.2 Å². The summed E-state index contributed by atoms with van der Waals surface area (Å²) in [5.41, 5.74) is 1.23. The van der Waals surface area contributed by atoms with Crippen molar-refractivity contribution >= 4 is 21.6 Å². The van der Waals surface area contributed by atoms with E-state index >= 15 is 0 Å². The van der Waals surface area contributed by atoms with Crippen LogP contribution in [0.15, 0.2) is 47.5 Å². The second-order valence-corrected chi connectivity index (χ2v) is 7.98. The number of anilines is 1. The molecule has 1 heterocycles. The molecule has 0 unspecified atom stereocenters. The maximum Gasteiger partial charge on any atom is 0.319 e. The molecule has 0 saturated heterocycles. The normalized spacial score (nSPS) is 11.5. The van der Waals surface area contributed by atoms with Crippen molar-refractivity contribution in [1.82, 2.24) is 9.88 Å². The van der Waals surface area contributed by atoms with Crippen LogP contribution < -0.4 is 10.6 Å². The summed E-state index contributed by atoms with van der Waals surface area (Å²) in [7, 11) is -1.58. The summed E-state index contributed by atoms with van der Waals surface area (Å²) in [6, 6.07) is 9.75. The first-order valence-corrected chi connectivity index (χ1v) is 8.85. The molecule has 124 valence electrons. The van der Waals surface area contributed by atoms with Gasteiger partial charge in [0.1, 0.15) is 0 Å². The molecule has 2 aromatic rings. The molecule has 6 nitrogen and oxygen atoms in total. The Bertz CT molecular complexity index is 794. The van der Waals surface area contributed by atoms with Crippen LogP contribution in [0.2, 0.25) is 0 Å². The van der Waals surface area contributed by atoms with E-state index in [-0.39, 0.29) is 10.6 Å². The molecule has 0 spiro atoms. The summed E-state index contributed by atoms with van der Waals surface area (Å²) in [5, 5.41) is 4.77. The van der Waals surface area contributed by atoms with Gasteiger partial charge in [0.05, 0.1) is 22.4 Å². The zero-order chi connectivity index (χ0) is 17.0. The third kappa shape index (κ3) is 3.92. The standard InChI is InChI=1S/C16H21N3O3S/c1-12(2)23(21,22)15-9-5-4-8-14(15)18-16(20)17-11-13-7-6-10-19(13)3/h4-10,12H,11H2,1-3H3,(H2,17,18,20). The Morgan fingerprint density at radius 2 is 1.87 bits per heavy atom. The number of rotatable bonds is 5. The zero-order valence-corrected chi connectivity index (χ0v) is 14.2. The van der Waals surface area contributed by atoms with Gasteiger partial charge in [-0.2, -0.15) is 0 Å². The number of aromatic nitrogens is 1. The Labute approximate surface area is 136 Å². The van der Waals surface area contributed by atoms with Crippen molar-refractivity contribution < 1.29 is 13.2 Å². The first-order valence-electron chi connectivity index (χ1n) is 7.30. The smallest absolute Gasteiger partial charge is 0.319 e. The fraction of sp³-hybridized carbons (Fsp3) is 0.312. The number of hydrogen-bond acceptors (Lipinski definition) is 3. The molecule has 7 heteroatoms. The average molecular weight is 335 g/mol. The van der Waals surface area contributed by atoms with Crippen LogP contribution in [0.1, 0.15) is 19.5 Å². The highest BCUT2D eigenvalue weighted by molar-refractivity contribution is 7.92. The van der Waals surface area contributed by atoms with Crippen LogP contribution in [0.5, 0.6) is 0 Å². The monoisotopic (exact) mass is 335 g/mol. The van der Waals surface area contributed by atoms with Crippen molar-refractivity contribution in [1.29, 1.82) is 0 Å². The lowest BCUT2D eigenvalue weighted by atomic mass is 10.3. The van der Waals surface area contributed by atoms with E-state index in [4.69, 9.17) is 0 Å². The van der Waals surface area contributed by atoms with Crippen LogP contribution in [0, 0.1) is 0 Å². The van der Waals surface area contributed by atoms with Crippen molar-refractivity contribution in [3.8, 4) is 0 Å². The Morgan fingerprint density at radius 1 is 1.17 bits per heavy atom. The molecule has 0 aliphatic heterocycles. The van der Waals surface area contributed by atoms with Gasteiger partial charge in [-0.1, -0.05) is 12.1 Å². The van der Waals surface area contributed by atoms with E-state index in [1.807, 2.05) is 29.9 Å². The third-order valence-electron chi connectivity index (χ3n) is 3.54. The zero-order valence-electron chi connectivity index (χ0n) is 13.4. The van der Waals surface area contributed by atoms with Gasteiger partial charge >= 0.3 is 6.03 Å². The SMILES string of the molecule is CC(C)S(=O)(=O)c1ccccc1NC(=O)NCc1cccn1C. The summed E-state index contributed by atoms with van der Waals surface area (Å²) in [6.07, 6.45) is 1.89. The molecule has 2 N–H and O–H groups in total. The number of urea groups is 1. The largest absolute Gasteiger partial charge is 0.353 e. The lowest BCUT2D eigenvalue weighted by Crippen LogP contribution is -2.29. The maximum atomic E-state index is 12.3. The van der Waals surface area contributed by atoms with Gasteiger partial charge in [0.25, 0.3) is 0 Å². The van der Waals surface area contributed by atoms with E-state index in [0.717, 1.165) is 5.69 Å². The fourth-order valence-electron chi connectivity index (χ4n) is 2.09. The summed E-state index contributed by atoms with van der Waals surface area (Å²) < 4.78 is 26.6. The van der Waals surface area contributed by atoms with Crippen molar-refractivity contribution in [2.24, 2.45) is 7.05 Å². The first-order chi connectivity index (χ1) is 10.8. The van der Waals surface area contributed by atoms with Gasteiger partial charge < -0.3 is 15.2 Å². The fourth-order valence-corrected chi connectivity index (χ4v) is 3.29. The van der Waals surface area contributed by atoms with Gasteiger partial charge in [-0.05, 0) is 38.1 Å². The predicted octanol–water partition coefficient (Wildman–Crippen LogP) is 2.53. The highest BCUT2D eigenvalue weighted by atomic mass is 32.2. The first kappa shape index (κ1) is 17.1. The molecule has 0 aliphatic carbocycles. The second-order valence-electron chi connectivity index (χ2n) is 5.51. The number of aryl methyl sites for hydroxylation is 1. The lowest BCUT2D eigenvalue weighted by molar-refractivity contribution is 0.251. The van der Waals surface area contributed by atoms with Crippen LogP contribution >= 0.6 is 0 Å². The lowest BCUT2D eigenvalue weighted by Gasteiger charge is -2.14. The van der Waals surface area contributed by atoms with Gasteiger partial charge in [-0.25, -0.2) is 13.2 Å². The molecule has 1 aromatic carbocycles. The number of hydrogen-bond donors (Lipinski definition) is 2. The van der Waals surface area contributed by atoms with Crippen LogP contribution in [-0.2, 0) is 23.4 Å². The number of nitrogens with one attached hydrogen (secondary N) is 2. The Morgan fingerprint density at radius 3 is 2.48 bits per heavy atom. The second kappa shape index (κ2) is 6.87. The Kier molecular flexibility index (Phi) is 5.10. The van der Waals surface area contributed by atoms with Crippen LogP contribution in [-0.4, -0.2) is 24.3 Å². The van der Waals surface area contributed by atoms with E-state index in [2.05, 4.69) is 10.6 Å². The van der Waals surface area contributed by atoms with Crippen LogP contribution in [0.4, 0.5) is 10.5 Å². The van der Waals surface area contributed by atoms with Crippen LogP contribution in [0.25, 0.3) is 0 Å². The minimum Gasteiger partial charge on any atom is -0.353 e. The number of carbonyl (C=O) groups excluding carboxylic acids is 1. The van der Waals surface area contributed by atoms with Crippen molar-refractivity contribution in [2.75, 3.05) is 5.32 Å². The van der Waals surface area contributed by atoms with Gasteiger partial charge in [-0.3, -0.25) is 0 Å². The maximum absolute atomic E-state index is 12.3. The number of nitrogens with zero attached hydrogens (tertiary/aromatic N) is 1. The summed E-state index contributed by atoms with van der Waals surface area (Å²) in [4.78, 5) is 12.2. The number of carbonyl (C=O) groups is 1. The Hall–Kier alpha value is -2.28. The molecule has 2 amide bonds. The van der Waals surface area contributed by atoms with Crippen LogP contribution in [0.3, 0.4) is 0 Å². The minimum absolute atomic E-state index is 0.129. The number of sulfone groups is 1. The molecular formula is C16H21N3O3S. The van der Waals surface area contributed by atoms with Gasteiger partial charge in [0.15, 0.2) is 9.84 Å². The van der Waals surface area contributed by atoms with Gasteiger partial charge in [-0.15, -0.1) is 0 Å². The van der Waals surface area contributed by atoms with E-state index in [1.54, 1.807) is 32.0 Å². The quantitative estimate of drug-likeness (QED) is 0.881. The van der Waals surface area contributed by atoms with Gasteiger partial charge in [0, 0.05) is 18.9 Å². The molecule has 0 radical (unpaired) electrons. The van der Waals surface area contributed by atoms with Crippen molar-refractivity contribution in [3.05, 3.63) is 48.3 Å². The molecule has 0 aliphatic rings. The Balaban J connectivity index is 2.11. The summed E-state index contributed by atoms with van der Waals surface area (Å²) in [5.74, 6) is 0. The number of benzene rings is 1. The molecule has 1 aromatic heterocycles. The third-order valence-corrected chi connectivity index (χ3v) is 5.75. The highest BCUT2D eigenvalue weighted by Gasteiger charge is 2.23. The highest BCUT2D eigenvalue weighted by Crippen LogP contribution is 2.24. The van der Waals surface area contributed by atoms with Crippen molar-refractivity contribution in [3.63, 3.8) is 0 Å². The number of para-hydroxylation sites is 1. The molecule has 0 bridgehead atoms. The number of amides is 2. The summed E-state index contributed by atoms with van der Waals surface area (Å²) >= 11 is 0. The molecule has 0 saturated carbocycles. The molecular weight excluding hydrogens is 314 g/mol. The predicted molar refractivity (Wildman–Crippen MR) is 90.0 cm³/mol. The average Bonchev–Trinajstić information content (AvgIpc) is 2.90. The molecule has 0 atom stereocenters. The van der Waals surface area contributed by atoms with Crippen molar-refractivity contribution in [2.45, 2.75) is 30.5 Å². The van der Waals surface area contributed by atoms with E-state index in [0.29, 0.717) is 6.54 Å². The van der Waals surface area contributed by atoms with E-state index in [1.165, 1.54) is 6.07 Å².